The van der Waals surface area contributed by atoms with E-state index >= 15 is 0 Å². The van der Waals surface area contributed by atoms with Crippen molar-refractivity contribution in [3.8, 4) is 0 Å². The Labute approximate surface area is 113 Å². The van der Waals surface area contributed by atoms with Crippen LogP contribution in [-0.2, 0) is 0 Å². The summed E-state index contributed by atoms with van der Waals surface area (Å²) >= 11 is 0. The Kier molecular flexibility index (Phi) is 3.70. The highest BCUT2D eigenvalue weighted by atomic mass is 19.2. The molecular formula is C11H5F5N4O. The Morgan fingerprint density at radius 3 is 2.00 bits per heavy atom. The number of nitrogens with one attached hydrogen (secondary N) is 1. The molecule has 0 aliphatic rings. The quantitative estimate of drug-likeness (QED) is 0.505. The zero-order valence-corrected chi connectivity index (χ0v) is 9.92. The lowest BCUT2D eigenvalue weighted by atomic mass is 10.2. The van der Waals surface area contributed by atoms with Crippen molar-refractivity contribution in [1.29, 1.82) is 0 Å². The van der Waals surface area contributed by atoms with E-state index in [9.17, 15) is 26.7 Å². The van der Waals surface area contributed by atoms with E-state index in [4.69, 9.17) is 5.73 Å². The minimum atomic E-state index is -2.33. The minimum absolute atomic E-state index is 0.167. The fourth-order valence-corrected chi connectivity index (χ4v) is 1.38. The molecule has 2 aromatic rings. The van der Waals surface area contributed by atoms with Gasteiger partial charge < -0.3 is 11.1 Å². The molecule has 2 rings (SSSR count). The summed E-state index contributed by atoms with van der Waals surface area (Å²) in [6.07, 6.45) is 1.99. The largest absolute Gasteiger partial charge is 0.382 e. The van der Waals surface area contributed by atoms with E-state index in [1.54, 1.807) is 0 Å². The van der Waals surface area contributed by atoms with Crippen LogP contribution in [0.2, 0.25) is 0 Å². The molecule has 0 radical (unpaired) electrons. The molecule has 1 aromatic carbocycles. The molecule has 0 bridgehead atoms. The average Bonchev–Trinajstić information content (AvgIpc) is 2.47. The molecule has 0 unspecified atom stereocenters. The highest BCUT2D eigenvalue weighted by Gasteiger charge is 2.27. The van der Waals surface area contributed by atoms with E-state index in [2.05, 4.69) is 9.97 Å². The zero-order chi connectivity index (χ0) is 15.7. The summed E-state index contributed by atoms with van der Waals surface area (Å²) in [5.41, 5.74) is 3.30. The fourth-order valence-electron chi connectivity index (χ4n) is 1.38. The van der Waals surface area contributed by atoms with E-state index in [0.717, 1.165) is 12.4 Å². The maximum atomic E-state index is 13.4. The number of halogens is 5. The van der Waals surface area contributed by atoms with Crippen molar-refractivity contribution in [2.45, 2.75) is 0 Å². The van der Waals surface area contributed by atoms with E-state index in [1.807, 2.05) is 0 Å². The number of hydrogen-bond acceptors (Lipinski definition) is 4. The number of aromatic nitrogens is 2. The zero-order valence-electron chi connectivity index (χ0n) is 9.92. The lowest BCUT2D eigenvalue weighted by Crippen LogP contribution is -2.18. The second-order valence-corrected chi connectivity index (χ2v) is 3.73. The smallest absolute Gasteiger partial charge is 0.276 e. The molecule has 0 atom stereocenters. The predicted molar refractivity (Wildman–Crippen MR) is 60.6 cm³/mol. The van der Waals surface area contributed by atoms with Gasteiger partial charge in [-0.2, -0.15) is 0 Å². The van der Waals surface area contributed by atoms with Crippen molar-refractivity contribution in [1.82, 2.24) is 9.97 Å². The minimum Gasteiger partial charge on any atom is -0.382 e. The summed E-state index contributed by atoms with van der Waals surface area (Å²) in [5, 5.41) is 1.54. The normalized spacial score (nSPS) is 10.5. The predicted octanol–water partition coefficient (Wildman–Crippen LogP) is 2.01. The summed E-state index contributed by atoms with van der Waals surface area (Å²) in [4.78, 5) is 18.6. The third kappa shape index (κ3) is 2.59. The third-order valence-electron chi connectivity index (χ3n) is 2.33. The van der Waals surface area contributed by atoms with Crippen LogP contribution >= 0.6 is 0 Å². The second-order valence-electron chi connectivity index (χ2n) is 3.73. The molecule has 1 heterocycles. The number of benzene rings is 1. The van der Waals surface area contributed by atoms with Gasteiger partial charge in [0, 0.05) is 0 Å². The van der Waals surface area contributed by atoms with Crippen LogP contribution in [0.5, 0.6) is 0 Å². The van der Waals surface area contributed by atoms with Crippen LogP contribution in [0, 0.1) is 29.1 Å². The lowest BCUT2D eigenvalue weighted by Gasteiger charge is -2.09. The number of nitrogen functional groups attached to an aromatic ring is 1. The number of amides is 1. The molecular weight excluding hydrogens is 299 g/mol. The van der Waals surface area contributed by atoms with E-state index in [1.165, 1.54) is 5.32 Å². The molecule has 0 aliphatic carbocycles. The molecule has 110 valence electrons. The average molecular weight is 304 g/mol. The monoisotopic (exact) mass is 304 g/mol. The van der Waals surface area contributed by atoms with Crippen molar-refractivity contribution < 1.29 is 26.7 Å². The molecule has 0 spiro atoms. The Bertz CT molecular complexity index is 708. The summed E-state index contributed by atoms with van der Waals surface area (Å²) in [7, 11) is 0. The molecule has 0 fully saturated rings. The molecule has 1 amide bonds. The molecule has 0 aliphatic heterocycles. The van der Waals surface area contributed by atoms with Gasteiger partial charge in [0.15, 0.2) is 23.3 Å². The van der Waals surface area contributed by atoms with Gasteiger partial charge in [-0.15, -0.1) is 0 Å². The molecule has 0 saturated heterocycles. The number of nitrogens with two attached hydrogens (primary N) is 1. The van der Waals surface area contributed by atoms with E-state index in [-0.39, 0.29) is 5.82 Å². The summed E-state index contributed by atoms with van der Waals surface area (Å²) in [6, 6.07) is 0. The highest BCUT2D eigenvalue weighted by Crippen LogP contribution is 2.27. The van der Waals surface area contributed by atoms with Crippen molar-refractivity contribution in [2.24, 2.45) is 0 Å². The van der Waals surface area contributed by atoms with Crippen LogP contribution in [0.4, 0.5) is 33.5 Å². The lowest BCUT2D eigenvalue weighted by molar-refractivity contribution is 0.102. The third-order valence-corrected chi connectivity index (χ3v) is 2.33. The van der Waals surface area contributed by atoms with E-state index in [0.29, 0.717) is 0 Å². The fraction of sp³-hybridized carbons (Fsp3) is 0. The van der Waals surface area contributed by atoms with Gasteiger partial charge in [-0.3, -0.25) is 9.78 Å². The van der Waals surface area contributed by atoms with Gasteiger partial charge in [0.2, 0.25) is 5.82 Å². The molecule has 0 saturated carbocycles. The topological polar surface area (TPSA) is 80.9 Å². The van der Waals surface area contributed by atoms with Crippen LogP contribution < -0.4 is 11.1 Å². The number of carbonyl (C=O) groups is 1. The van der Waals surface area contributed by atoms with Crippen molar-refractivity contribution in [3.05, 3.63) is 47.2 Å². The second kappa shape index (κ2) is 5.31. The number of anilines is 2. The molecule has 3 N–H and O–H groups in total. The van der Waals surface area contributed by atoms with Gasteiger partial charge in [0.1, 0.15) is 17.2 Å². The van der Waals surface area contributed by atoms with Crippen LogP contribution in [0.1, 0.15) is 10.5 Å². The molecule has 1 aromatic heterocycles. The van der Waals surface area contributed by atoms with Gasteiger partial charge in [-0.05, 0) is 0 Å². The van der Waals surface area contributed by atoms with E-state index < -0.39 is 46.4 Å². The Balaban J connectivity index is 2.43. The summed E-state index contributed by atoms with van der Waals surface area (Å²) < 4.78 is 65.5. The maximum absolute atomic E-state index is 13.4. The first kappa shape index (κ1) is 14.6. The first-order valence-electron chi connectivity index (χ1n) is 5.23. The molecule has 10 heteroatoms. The van der Waals surface area contributed by atoms with Crippen molar-refractivity contribution in [2.75, 3.05) is 11.1 Å². The van der Waals surface area contributed by atoms with Gasteiger partial charge in [-0.1, -0.05) is 0 Å². The van der Waals surface area contributed by atoms with Crippen molar-refractivity contribution in [3.63, 3.8) is 0 Å². The first-order chi connectivity index (χ1) is 9.82. The van der Waals surface area contributed by atoms with Gasteiger partial charge >= 0.3 is 0 Å². The van der Waals surface area contributed by atoms with Crippen LogP contribution in [0.3, 0.4) is 0 Å². The van der Waals surface area contributed by atoms with Gasteiger partial charge in [0.25, 0.3) is 5.91 Å². The Morgan fingerprint density at radius 1 is 0.952 bits per heavy atom. The number of rotatable bonds is 2. The van der Waals surface area contributed by atoms with Crippen molar-refractivity contribution >= 4 is 17.4 Å². The van der Waals surface area contributed by atoms with Crippen LogP contribution in [0.25, 0.3) is 0 Å². The molecule has 21 heavy (non-hydrogen) atoms. The number of carbonyl (C=O) groups excluding carboxylic acids is 1. The SMILES string of the molecule is Nc1cncc(C(=O)Nc2c(F)c(F)c(F)c(F)c2F)n1. The van der Waals surface area contributed by atoms with Crippen LogP contribution in [0.15, 0.2) is 12.4 Å². The maximum Gasteiger partial charge on any atom is 0.276 e. The summed E-state index contributed by atoms with van der Waals surface area (Å²) in [6.45, 7) is 0. The molecule has 5 nitrogen and oxygen atoms in total. The first-order valence-corrected chi connectivity index (χ1v) is 5.23. The number of nitrogens with zero attached hydrogens (tertiary/aromatic N) is 2. The highest BCUT2D eigenvalue weighted by molar-refractivity contribution is 6.03. The Hall–Kier alpha value is -2.78. The van der Waals surface area contributed by atoms with Gasteiger partial charge in [-0.25, -0.2) is 26.9 Å². The number of hydrogen-bond donors (Lipinski definition) is 2. The standard InChI is InChI=1S/C11H5F5N4O/c12-5-6(13)8(15)10(9(16)7(5)14)20-11(21)3-1-18-2-4(17)19-3/h1-2H,(H2,17,19)(H,20,21). The summed E-state index contributed by atoms with van der Waals surface area (Å²) in [5.74, 6) is -12.4. The van der Waals surface area contributed by atoms with Crippen LogP contribution in [-0.4, -0.2) is 15.9 Å². The van der Waals surface area contributed by atoms with Gasteiger partial charge in [0.05, 0.1) is 12.4 Å². The Morgan fingerprint density at radius 2 is 1.48 bits per heavy atom.